The lowest BCUT2D eigenvalue weighted by Crippen LogP contribution is -2.23. The number of halogens is 3. The molecule has 0 atom stereocenters. The normalized spacial score (nSPS) is 11.3. The van der Waals surface area contributed by atoms with Crippen LogP contribution >= 0.6 is 45.8 Å². The predicted molar refractivity (Wildman–Crippen MR) is 132 cm³/mol. The summed E-state index contributed by atoms with van der Waals surface area (Å²) in [6.45, 7) is 0. The molecule has 1 aromatic heterocycles. The van der Waals surface area contributed by atoms with Gasteiger partial charge in [0.15, 0.2) is 0 Å². The van der Waals surface area contributed by atoms with Crippen molar-refractivity contribution in [2.75, 3.05) is 0 Å². The largest absolute Gasteiger partial charge is 0.269 e. The van der Waals surface area contributed by atoms with Gasteiger partial charge in [0.1, 0.15) is 5.82 Å². The molecule has 0 unspecified atom stereocenters. The quantitative estimate of drug-likeness (QED) is 0.164. The van der Waals surface area contributed by atoms with Crippen LogP contribution in [0.3, 0.4) is 0 Å². The lowest BCUT2D eigenvalue weighted by Gasteiger charge is -2.14. The molecular formula is C22H12Cl2IN3O3. The Balaban J connectivity index is 1.94. The summed E-state index contributed by atoms with van der Waals surface area (Å²) >= 11 is 14.9. The molecule has 4 aromatic rings. The molecule has 31 heavy (non-hydrogen) atoms. The number of fused-ring (bicyclic) bond motifs is 1. The maximum absolute atomic E-state index is 13.4. The van der Waals surface area contributed by atoms with Crippen molar-refractivity contribution in [3.8, 4) is 5.69 Å². The van der Waals surface area contributed by atoms with Crippen molar-refractivity contribution >= 4 is 74.5 Å². The number of non-ortho nitro benzene ring substituents is 1. The van der Waals surface area contributed by atoms with Crippen molar-refractivity contribution in [3.63, 3.8) is 0 Å². The molecule has 0 bridgehead atoms. The predicted octanol–water partition coefficient (Wildman–Crippen LogP) is 6.38. The van der Waals surface area contributed by atoms with E-state index in [-0.39, 0.29) is 11.2 Å². The SMILES string of the molecule is O=c1c2cc(I)ccc2nc(/C=C/c2ccc([N+](=O)[O-])cc2)n1-c1c(Cl)cccc1Cl. The van der Waals surface area contributed by atoms with E-state index in [0.29, 0.717) is 38.0 Å². The Labute approximate surface area is 200 Å². The van der Waals surface area contributed by atoms with Crippen LogP contribution in [0.4, 0.5) is 5.69 Å². The minimum atomic E-state index is -0.461. The molecule has 0 radical (unpaired) electrons. The fourth-order valence-corrected chi connectivity index (χ4v) is 4.14. The van der Waals surface area contributed by atoms with Gasteiger partial charge in [-0.1, -0.05) is 35.3 Å². The van der Waals surface area contributed by atoms with Gasteiger partial charge in [-0.2, -0.15) is 0 Å². The molecule has 9 heteroatoms. The van der Waals surface area contributed by atoms with Gasteiger partial charge in [-0.3, -0.25) is 19.5 Å². The van der Waals surface area contributed by atoms with Gasteiger partial charge in [-0.15, -0.1) is 0 Å². The van der Waals surface area contributed by atoms with E-state index in [1.54, 1.807) is 54.6 Å². The number of rotatable bonds is 4. The Bertz CT molecular complexity index is 1400. The lowest BCUT2D eigenvalue weighted by molar-refractivity contribution is -0.384. The molecule has 0 aliphatic carbocycles. The molecule has 0 spiro atoms. The van der Waals surface area contributed by atoms with Crippen molar-refractivity contribution in [1.82, 2.24) is 9.55 Å². The van der Waals surface area contributed by atoms with Crippen molar-refractivity contribution in [2.24, 2.45) is 0 Å². The van der Waals surface area contributed by atoms with Crippen molar-refractivity contribution < 1.29 is 4.92 Å². The molecule has 1 heterocycles. The van der Waals surface area contributed by atoms with Gasteiger partial charge in [0.05, 0.1) is 31.6 Å². The number of para-hydroxylation sites is 1. The number of nitrogens with zero attached hydrogens (tertiary/aromatic N) is 3. The smallest absolute Gasteiger partial charge is 0.268 e. The highest BCUT2D eigenvalue weighted by Crippen LogP contribution is 2.29. The molecule has 6 nitrogen and oxygen atoms in total. The molecule has 0 N–H and O–H groups in total. The number of nitro benzene ring substituents is 1. The molecule has 154 valence electrons. The summed E-state index contributed by atoms with van der Waals surface area (Å²) < 4.78 is 2.28. The third-order valence-electron chi connectivity index (χ3n) is 4.55. The number of benzene rings is 3. The summed E-state index contributed by atoms with van der Waals surface area (Å²) in [7, 11) is 0. The number of aromatic nitrogens is 2. The standard InChI is InChI=1S/C22H12Cl2IN3O3/c23-17-2-1-3-18(24)21(17)27-20(11-6-13-4-8-15(9-5-13)28(30)31)26-19-10-7-14(25)12-16(19)22(27)29/h1-12H/b11-6+. The molecular weight excluding hydrogens is 552 g/mol. The van der Waals surface area contributed by atoms with Crippen molar-refractivity contribution in [3.05, 3.63) is 106 Å². The minimum absolute atomic E-state index is 0.00431. The zero-order valence-electron chi connectivity index (χ0n) is 15.6. The van der Waals surface area contributed by atoms with Gasteiger partial charge in [0.2, 0.25) is 0 Å². The van der Waals surface area contributed by atoms with Gasteiger partial charge in [0.25, 0.3) is 11.2 Å². The van der Waals surface area contributed by atoms with Gasteiger partial charge in [-0.25, -0.2) is 4.98 Å². The first-order valence-electron chi connectivity index (χ1n) is 8.94. The van der Waals surface area contributed by atoms with Crippen LogP contribution in [-0.4, -0.2) is 14.5 Å². The average molecular weight is 564 g/mol. The Morgan fingerprint density at radius 2 is 1.68 bits per heavy atom. The van der Waals surface area contributed by atoms with E-state index in [1.807, 2.05) is 6.07 Å². The third-order valence-corrected chi connectivity index (χ3v) is 5.83. The molecule has 0 aliphatic heterocycles. The molecule has 0 fully saturated rings. The Kier molecular flexibility index (Phi) is 6.08. The van der Waals surface area contributed by atoms with E-state index in [1.165, 1.54) is 16.7 Å². The zero-order valence-corrected chi connectivity index (χ0v) is 19.3. The van der Waals surface area contributed by atoms with Crippen LogP contribution < -0.4 is 5.56 Å². The first-order valence-corrected chi connectivity index (χ1v) is 10.8. The fourth-order valence-electron chi connectivity index (χ4n) is 3.08. The second-order valence-electron chi connectivity index (χ2n) is 6.52. The topological polar surface area (TPSA) is 78.0 Å². The van der Waals surface area contributed by atoms with E-state index in [2.05, 4.69) is 27.6 Å². The Morgan fingerprint density at radius 3 is 2.32 bits per heavy atom. The van der Waals surface area contributed by atoms with Crippen molar-refractivity contribution in [2.45, 2.75) is 0 Å². The van der Waals surface area contributed by atoms with E-state index >= 15 is 0 Å². The number of hydrogen-bond acceptors (Lipinski definition) is 4. The number of hydrogen-bond donors (Lipinski definition) is 0. The lowest BCUT2D eigenvalue weighted by atomic mass is 10.2. The van der Waals surface area contributed by atoms with Crippen LogP contribution in [0, 0.1) is 13.7 Å². The van der Waals surface area contributed by atoms with Crippen LogP contribution in [0.15, 0.2) is 65.5 Å². The summed E-state index contributed by atoms with van der Waals surface area (Å²) in [6, 6.07) is 16.5. The van der Waals surface area contributed by atoms with Crippen LogP contribution in [-0.2, 0) is 0 Å². The Hall–Kier alpha value is -2.75. The summed E-state index contributed by atoms with van der Waals surface area (Å²) in [4.78, 5) is 28.5. The van der Waals surface area contributed by atoms with Crippen molar-refractivity contribution in [1.29, 1.82) is 0 Å². The van der Waals surface area contributed by atoms with Gasteiger partial charge in [-0.05, 0) is 76.7 Å². The van der Waals surface area contributed by atoms with Gasteiger partial charge in [0, 0.05) is 15.7 Å². The fraction of sp³-hybridized carbons (Fsp3) is 0. The van der Waals surface area contributed by atoms with Crippen LogP contribution in [0.1, 0.15) is 11.4 Å². The summed E-state index contributed by atoms with van der Waals surface area (Å²) in [6.07, 6.45) is 3.37. The highest BCUT2D eigenvalue weighted by molar-refractivity contribution is 14.1. The van der Waals surface area contributed by atoms with E-state index in [0.717, 1.165) is 3.57 Å². The molecule has 0 amide bonds. The highest BCUT2D eigenvalue weighted by Gasteiger charge is 2.16. The average Bonchev–Trinajstić information content (AvgIpc) is 2.74. The zero-order chi connectivity index (χ0) is 22.1. The molecule has 0 saturated heterocycles. The maximum atomic E-state index is 13.4. The first kappa shape index (κ1) is 21.5. The van der Waals surface area contributed by atoms with Crippen LogP contribution in [0.5, 0.6) is 0 Å². The first-order chi connectivity index (χ1) is 14.8. The van der Waals surface area contributed by atoms with E-state index in [9.17, 15) is 14.9 Å². The second kappa shape index (κ2) is 8.78. The summed E-state index contributed by atoms with van der Waals surface area (Å²) in [5.41, 5.74) is 1.28. The molecule has 3 aromatic carbocycles. The van der Waals surface area contributed by atoms with Gasteiger partial charge < -0.3 is 0 Å². The second-order valence-corrected chi connectivity index (χ2v) is 8.58. The monoisotopic (exact) mass is 563 g/mol. The van der Waals surface area contributed by atoms with E-state index in [4.69, 9.17) is 23.2 Å². The maximum Gasteiger partial charge on any atom is 0.269 e. The summed E-state index contributed by atoms with van der Waals surface area (Å²) in [5.74, 6) is 0.326. The number of nitro groups is 1. The van der Waals surface area contributed by atoms with Crippen LogP contribution in [0.2, 0.25) is 10.0 Å². The molecule has 0 saturated carbocycles. The van der Waals surface area contributed by atoms with Crippen LogP contribution in [0.25, 0.3) is 28.7 Å². The van der Waals surface area contributed by atoms with Gasteiger partial charge >= 0.3 is 0 Å². The minimum Gasteiger partial charge on any atom is -0.268 e. The molecule has 4 rings (SSSR count). The third kappa shape index (κ3) is 4.34. The summed E-state index contributed by atoms with van der Waals surface area (Å²) in [5, 5.41) is 11.9. The van der Waals surface area contributed by atoms with E-state index < -0.39 is 4.92 Å². The molecule has 0 aliphatic rings. The Morgan fingerprint density at radius 1 is 1.00 bits per heavy atom. The highest BCUT2D eigenvalue weighted by atomic mass is 127.